The van der Waals surface area contributed by atoms with E-state index in [9.17, 15) is 9.90 Å². The molecule has 5 nitrogen and oxygen atoms in total. The van der Waals surface area contributed by atoms with Crippen LogP contribution in [0.5, 0.6) is 0 Å². The molecular weight excluding hydrogens is 290 g/mol. The first kappa shape index (κ1) is 17.9. The Morgan fingerprint density at radius 1 is 1.35 bits per heavy atom. The van der Waals surface area contributed by atoms with Crippen molar-refractivity contribution >= 4 is 5.91 Å². The molecule has 1 aromatic heterocycles. The molecule has 0 aliphatic heterocycles. The molecule has 5 heteroatoms. The quantitative estimate of drug-likeness (QED) is 0.834. The summed E-state index contributed by atoms with van der Waals surface area (Å²) in [5.41, 5.74) is 1.06. The van der Waals surface area contributed by atoms with Gasteiger partial charge in [-0.2, -0.15) is 0 Å². The molecule has 1 aliphatic rings. The Kier molecular flexibility index (Phi) is 6.99. The van der Waals surface area contributed by atoms with Gasteiger partial charge in [0.15, 0.2) is 0 Å². The van der Waals surface area contributed by atoms with Gasteiger partial charge in [0.25, 0.3) is 0 Å². The van der Waals surface area contributed by atoms with Crippen LogP contribution in [0.15, 0.2) is 24.5 Å². The Morgan fingerprint density at radius 3 is 2.70 bits per heavy atom. The predicted molar refractivity (Wildman–Crippen MR) is 90.8 cm³/mol. The van der Waals surface area contributed by atoms with Crippen molar-refractivity contribution in [2.75, 3.05) is 26.7 Å². The number of aliphatic hydroxyl groups excluding tert-OH is 1. The molecule has 128 valence electrons. The first-order valence-electron chi connectivity index (χ1n) is 8.58. The third-order valence-corrected chi connectivity index (χ3v) is 4.83. The molecule has 0 bridgehead atoms. The summed E-state index contributed by atoms with van der Waals surface area (Å²) in [6.45, 7) is 3.82. The van der Waals surface area contributed by atoms with E-state index in [4.69, 9.17) is 0 Å². The molecule has 1 saturated carbocycles. The summed E-state index contributed by atoms with van der Waals surface area (Å²) in [7, 11) is 1.92. The van der Waals surface area contributed by atoms with Gasteiger partial charge in [-0.1, -0.05) is 13.0 Å². The van der Waals surface area contributed by atoms with Crippen LogP contribution in [-0.2, 0) is 11.3 Å². The number of pyridine rings is 1. The zero-order chi connectivity index (χ0) is 16.7. The number of hydrogen-bond donors (Lipinski definition) is 1. The van der Waals surface area contributed by atoms with Crippen LogP contribution in [0.2, 0.25) is 0 Å². The third kappa shape index (κ3) is 5.59. The highest BCUT2D eigenvalue weighted by Crippen LogP contribution is 2.26. The molecule has 0 saturated heterocycles. The smallest absolute Gasteiger partial charge is 0.236 e. The highest BCUT2D eigenvalue weighted by atomic mass is 16.3. The van der Waals surface area contributed by atoms with Gasteiger partial charge >= 0.3 is 0 Å². The van der Waals surface area contributed by atoms with Gasteiger partial charge in [0.1, 0.15) is 0 Å². The number of nitrogens with zero attached hydrogens (tertiary/aromatic N) is 3. The summed E-state index contributed by atoms with van der Waals surface area (Å²) in [5.74, 6) is 0.924. The lowest BCUT2D eigenvalue weighted by molar-refractivity contribution is -0.134. The Labute approximate surface area is 139 Å². The first-order valence-corrected chi connectivity index (χ1v) is 8.58. The highest BCUT2D eigenvalue weighted by molar-refractivity contribution is 5.78. The molecule has 1 aliphatic carbocycles. The summed E-state index contributed by atoms with van der Waals surface area (Å²) in [6.07, 6.45) is 8.17. The molecule has 1 amide bonds. The average molecular weight is 319 g/mol. The van der Waals surface area contributed by atoms with Crippen LogP contribution < -0.4 is 0 Å². The van der Waals surface area contributed by atoms with E-state index in [2.05, 4.69) is 11.9 Å². The second-order valence-electron chi connectivity index (χ2n) is 6.71. The van der Waals surface area contributed by atoms with Crippen molar-refractivity contribution in [1.82, 2.24) is 14.8 Å². The number of hydrogen-bond acceptors (Lipinski definition) is 4. The molecule has 1 N–H and O–H groups in total. The van der Waals surface area contributed by atoms with Crippen molar-refractivity contribution in [2.45, 2.75) is 45.2 Å². The van der Waals surface area contributed by atoms with E-state index in [-0.39, 0.29) is 12.5 Å². The number of aliphatic hydroxyl groups is 1. The highest BCUT2D eigenvalue weighted by Gasteiger charge is 2.25. The standard InChI is InChI=1S/C18H29N3O2/c1-15-5-7-17(8-6-15)20(2)18(23)14-21(10-11-22)13-16-4-3-9-19-12-16/h3-4,9,12,15,17,22H,5-8,10-11,13-14H2,1-2H3. The molecular formula is C18H29N3O2. The lowest BCUT2D eigenvalue weighted by Gasteiger charge is -2.35. The molecule has 1 heterocycles. The van der Waals surface area contributed by atoms with Crippen molar-refractivity contribution < 1.29 is 9.90 Å². The van der Waals surface area contributed by atoms with E-state index >= 15 is 0 Å². The second kappa shape index (κ2) is 8.99. The van der Waals surface area contributed by atoms with E-state index in [0.29, 0.717) is 25.7 Å². The molecule has 0 radical (unpaired) electrons. The summed E-state index contributed by atoms with van der Waals surface area (Å²) in [4.78, 5) is 20.6. The van der Waals surface area contributed by atoms with Gasteiger partial charge in [-0.25, -0.2) is 0 Å². The minimum atomic E-state index is 0.0538. The van der Waals surface area contributed by atoms with Crippen molar-refractivity contribution in [3.63, 3.8) is 0 Å². The van der Waals surface area contributed by atoms with E-state index in [1.54, 1.807) is 12.4 Å². The summed E-state index contributed by atoms with van der Waals surface area (Å²) in [5, 5.41) is 9.26. The van der Waals surface area contributed by atoms with E-state index in [1.165, 1.54) is 12.8 Å². The van der Waals surface area contributed by atoms with E-state index < -0.39 is 0 Å². The number of carbonyl (C=O) groups is 1. The average Bonchev–Trinajstić information content (AvgIpc) is 2.56. The molecule has 0 spiro atoms. The first-order chi connectivity index (χ1) is 11.1. The normalized spacial score (nSPS) is 21.4. The van der Waals surface area contributed by atoms with Crippen LogP contribution >= 0.6 is 0 Å². The fourth-order valence-corrected chi connectivity index (χ4v) is 3.24. The van der Waals surface area contributed by atoms with Gasteiger partial charge in [0.2, 0.25) is 5.91 Å². The maximum atomic E-state index is 12.6. The Balaban J connectivity index is 1.89. The third-order valence-electron chi connectivity index (χ3n) is 4.83. The lowest BCUT2D eigenvalue weighted by atomic mass is 9.87. The topological polar surface area (TPSA) is 56.7 Å². The molecule has 1 fully saturated rings. The molecule has 0 atom stereocenters. The predicted octanol–water partition coefficient (Wildman–Crippen LogP) is 1.91. The van der Waals surface area contributed by atoms with Crippen molar-refractivity contribution in [2.24, 2.45) is 5.92 Å². The number of likely N-dealkylation sites (N-methyl/N-ethyl adjacent to an activating group) is 1. The van der Waals surface area contributed by atoms with Crippen molar-refractivity contribution in [3.8, 4) is 0 Å². The summed E-state index contributed by atoms with van der Waals surface area (Å²) < 4.78 is 0. The minimum absolute atomic E-state index is 0.0538. The minimum Gasteiger partial charge on any atom is -0.395 e. The van der Waals surface area contributed by atoms with Crippen LogP contribution in [0.1, 0.15) is 38.2 Å². The number of aromatic nitrogens is 1. The number of carbonyl (C=O) groups excluding carboxylic acids is 1. The molecule has 2 rings (SSSR count). The zero-order valence-electron chi connectivity index (χ0n) is 14.3. The lowest BCUT2D eigenvalue weighted by Crippen LogP contribution is -2.45. The Bertz CT molecular complexity index is 472. The fraction of sp³-hybridized carbons (Fsp3) is 0.667. The maximum absolute atomic E-state index is 12.6. The molecule has 1 aromatic rings. The second-order valence-corrected chi connectivity index (χ2v) is 6.71. The van der Waals surface area contributed by atoms with Gasteiger partial charge in [0.05, 0.1) is 13.2 Å². The van der Waals surface area contributed by atoms with Crippen LogP contribution in [-0.4, -0.2) is 58.6 Å². The van der Waals surface area contributed by atoms with Gasteiger partial charge < -0.3 is 10.0 Å². The number of amides is 1. The molecule has 0 aromatic carbocycles. The van der Waals surface area contributed by atoms with Crippen LogP contribution in [0.3, 0.4) is 0 Å². The van der Waals surface area contributed by atoms with E-state index in [1.807, 2.05) is 29.0 Å². The largest absolute Gasteiger partial charge is 0.395 e. The molecule has 23 heavy (non-hydrogen) atoms. The van der Waals surface area contributed by atoms with Gasteiger partial charge in [0, 0.05) is 38.6 Å². The van der Waals surface area contributed by atoms with Crippen molar-refractivity contribution in [3.05, 3.63) is 30.1 Å². The monoisotopic (exact) mass is 319 g/mol. The maximum Gasteiger partial charge on any atom is 0.236 e. The van der Waals surface area contributed by atoms with Crippen LogP contribution in [0.4, 0.5) is 0 Å². The van der Waals surface area contributed by atoms with Crippen LogP contribution in [0, 0.1) is 5.92 Å². The Hall–Kier alpha value is -1.46. The van der Waals surface area contributed by atoms with Crippen molar-refractivity contribution in [1.29, 1.82) is 0 Å². The van der Waals surface area contributed by atoms with Crippen LogP contribution in [0.25, 0.3) is 0 Å². The number of rotatable bonds is 7. The fourth-order valence-electron chi connectivity index (χ4n) is 3.24. The summed E-state index contributed by atoms with van der Waals surface area (Å²) >= 11 is 0. The van der Waals surface area contributed by atoms with Gasteiger partial charge in [-0.05, 0) is 43.2 Å². The molecule has 0 unspecified atom stereocenters. The SMILES string of the molecule is CC1CCC(N(C)C(=O)CN(CCO)Cc2cccnc2)CC1. The Morgan fingerprint density at radius 2 is 2.09 bits per heavy atom. The van der Waals surface area contributed by atoms with E-state index in [0.717, 1.165) is 24.3 Å². The summed E-state index contributed by atoms with van der Waals surface area (Å²) in [6, 6.07) is 4.26. The zero-order valence-corrected chi connectivity index (χ0v) is 14.3. The van der Waals surface area contributed by atoms with Gasteiger partial charge in [-0.3, -0.25) is 14.7 Å². The van der Waals surface area contributed by atoms with Gasteiger partial charge in [-0.15, -0.1) is 0 Å².